The summed E-state index contributed by atoms with van der Waals surface area (Å²) in [7, 11) is 0. The monoisotopic (exact) mass is 439 g/mol. The van der Waals surface area contributed by atoms with Crippen molar-refractivity contribution >= 4 is 48.4 Å². The molecular weight excluding hydrogens is 422 g/mol. The van der Waals surface area contributed by atoms with Gasteiger partial charge in [-0.3, -0.25) is 0 Å². The Hall–Kier alpha value is -2.75. The molecular formula is C26H18BrNO. The molecule has 6 rings (SSSR count). The summed E-state index contributed by atoms with van der Waals surface area (Å²) in [5.74, 6) is 0. The van der Waals surface area contributed by atoms with Crippen LogP contribution in [0.15, 0.2) is 77.3 Å². The van der Waals surface area contributed by atoms with E-state index >= 15 is 0 Å². The van der Waals surface area contributed by atoms with Crippen molar-refractivity contribution in [1.29, 1.82) is 0 Å². The third kappa shape index (κ3) is 2.77. The first-order valence-electron chi connectivity index (χ1n) is 9.88. The van der Waals surface area contributed by atoms with Crippen molar-refractivity contribution in [3.8, 4) is 11.3 Å². The van der Waals surface area contributed by atoms with E-state index in [2.05, 4.69) is 82.7 Å². The maximum absolute atomic E-state index is 5.87. The number of fused-ring (bicyclic) bond motifs is 6. The molecule has 0 spiro atoms. The molecule has 0 atom stereocenters. The SMILES string of the molecule is Brc1cccc(-c2nc3ccc4cc5ccccc5cc4c3c3c2COCC3)c1. The van der Waals surface area contributed by atoms with E-state index in [9.17, 15) is 0 Å². The Labute approximate surface area is 177 Å². The predicted octanol–water partition coefficient (Wildman–Crippen LogP) is 7.04. The summed E-state index contributed by atoms with van der Waals surface area (Å²) in [6.45, 7) is 1.37. The van der Waals surface area contributed by atoms with Gasteiger partial charge in [0.15, 0.2) is 0 Å². The average molecular weight is 440 g/mol. The van der Waals surface area contributed by atoms with E-state index in [1.807, 2.05) is 6.07 Å². The molecule has 5 aromatic rings. The zero-order valence-electron chi connectivity index (χ0n) is 15.8. The molecule has 2 nitrogen and oxygen atoms in total. The van der Waals surface area contributed by atoms with Gasteiger partial charge in [0.25, 0.3) is 0 Å². The van der Waals surface area contributed by atoms with Gasteiger partial charge in [-0.05, 0) is 63.9 Å². The zero-order valence-corrected chi connectivity index (χ0v) is 17.4. The largest absolute Gasteiger partial charge is 0.376 e. The summed E-state index contributed by atoms with van der Waals surface area (Å²) < 4.78 is 6.93. The fourth-order valence-corrected chi connectivity index (χ4v) is 4.95. The third-order valence-corrected chi connectivity index (χ3v) is 6.38. The molecule has 0 N–H and O–H groups in total. The Kier molecular flexibility index (Phi) is 3.93. The molecule has 29 heavy (non-hydrogen) atoms. The van der Waals surface area contributed by atoms with Crippen LogP contribution in [-0.4, -0.2) is 11.6 Å². The molecule has 140 valence electrons. The Morgan fingerprint density at radius 2 is 1.66 bits per heavy atom. The first-order valence-corrected chi connectivity index (χ1v) is 10.7. The number of nitrogens with zero attached hydrogens (tertiary/aromatic N) is 1. The lowest BCUT2D eigenvalue weighted by Crippen LogP contribution is -2.13. The van der Waals surface area contributed by atoms with Crippen molar-refractivity contribution < 1.29 is 4.74 Å². The second-order valence-electron chi connectivity index (χ2n) is 7.61. The van der Waals surface area contributed by atoms with Crippen LogP contribution in [0.1, 0.15) is 11.1 Å². The van der Waals surface area contributed by atoms with Gasteiger partial charge in [0.05, 0.1) is 24.4 Å². The summed E-state index contributed by atoms with van der Waals surface area (Å²) in [6, 6.07) is 25.9. The lowest BCUT2D eigenvalue weighted by atomic mass is 9.90. The molecule has 0 radical (unpaired) electrons. The number of benzene rings is 4. The Morgan fingerprint density at radius 1 is 0.793 bits per heavy atom. The second kappa shape index (κ2) is 6.65. The van der Waals surface area contributed by atoms with E-state index in [0.717, 1.165) is 34.3 Å². The van der Waals surface area contributed by atoms with Gasteiger partial charge in [-0.15, -0.1) is 0 Å². The number of hydrogen-bond acceptors (Lipinski definition) is 2. The van der Waals surface area contributed by atoms with Crippen LogP contribution in [0.4, 0.5) is 0 Å². The summed E-state index contributed by atoms with van der Waals surface area (Å²) in [4.78, 5) is 5.13. The van der Waals surface area contributed by atoms with Crippen LogP contribution in [0, 0.1) is 0 Å². The van der Waals surface area contributed by atoms with Gasteiger partial charge in [0.2, 0.25) is 0 Å². The zero-order chi connectivity index (χ0) is 19.4. The smallest absolute Gasteiger partial charge is 0.0768 e. The minimum absolute atomic E-state index is 0.615. The van der Waals surface area contributed by atoms with Crippen molar-refractivity contribution in [1.82, 2.24) is 4.98 Å². The standard InChI is InChI=1S/C26H18BrNO/c27-20-7-3-6-19(13-20)26-23-15-29-11-10-21(23)25-22-14-17-5-2-1-4-16(17)12-18(22)8-9-24(25)28-26/h1-9,12-14H,10-11,15H2. The molecule has 2 heterocycles. The average Bonchev–Trinajstić information content (AvgIpc) is 2.77. The van der Waals surface area contributed by atoms with Crippen LogP contribution in [0.5, 0.6) is 0 Å². The van der Waals surface area contributed by atoms with Gasteiger partial charge < -0.3 is 4.74 Å². The lowest BCUT2D eigenvalue weighted by Gasteiger charge is -2.23. The summed E-state index contributed by atoms with van der Waals surface area (Å²) in [6.07, 6.45) is 0.918. The van der Waals surface area contributed by atoms with Gasteiger partial charge in [-0.2, -0.15) is 0 Å². The number of rotatable bonds is 1. The highest BCUT2D eigenvalue weighted by Crippen LogP contribution is 2.38. The molecule has 1 aliphatic rings. The second-order valence-corrected chi connectivity index (χ2v) is 8.53. The van der Waals surface area contributed by atoms with Crippen LogP contribution < -0.4 is 0 Å². The molecule has 0 aliphatic carbocycles. The molecule has 4 aromatic carbocycles. The molecule has 0 bridgehead atoms. The Morgan fingerprint density at radius 3 is 2.52 bits per heavy atom. The van der Waals surface area contributed by atoms with Gasteiger partial charge in [-0.25, -0.2) is 4.98 Å². The first kappa shape index (κ1) is 17.1. The van der Waals surface area contributed by atoms with Gasteiger partial charge in [0.1, 0.15) is 0 Å². The molecule has 0 unspecified atom stereocenters. The highest BCUT2D eigenvalue weighted by atomic mass is 79.9. The van der Waals surface area contributed by atoms with Crippen LogP contribution >= 0.6 is 15.9 Å². The van der Waals surface area contributed by atoms with Crippen LogP contribution in [-0.2, 0) is 17.8 Å². The van der Waals surface area contributed by atoms with Gasteiger partial charge >= 0.3 is 0 Å². The normalized spacial score (nSPS) is 13.8. The van der Waals surface area contributed by atoms with Gasteiger partial charge in [0, 0.05) is 21.0 Å². The molecule has 3 heteroatoms. The molecule has 0 fully saturated rings. The Balaban J connectivity index is 1.74. The van der Waals surface area contributed by atoms with Crippen molar-refractivity contribution in [2.45, 2.75) is 13.0 Å². The van der Waals surface area contributed by atoms with Crippen molar-refractivity contribution in [2.24, 2.45) is 0 Å². The quantitative estimate of drug-likeness (QED) is 0.206. The summed E-state index contributed by atoms with van der Waals surface area (Å²) >= 11 is 3.60. The molecule has 0 saturated carbocycles. The molecule has 0 amide bonds. The summed E-state index contributed by atoms with van der Waals surface area (Å²) in [5.41, 5.74) is 5.83. The van der Waals surface area contributed by atoms with E-state index in [1.165, 1.54) is 38.1 Å². The van der Waals surface area contributed by atoms with Crippen molar-refractivity contribution in [3.63, 3.8) is 0 Å². The van der Waals surface area contributed by atoms with E-state index in [-0.39, 0.29) is 0 Å². The van der Waals surface area contributed by atoms with Crippen LogP contribution in [0.2, 0.25) is 0 Å². The molecule has 1 aromatic heterocycles. The Bertz CT molecular complexity index is 1420. The fourth-order valence-electron chi connectivity index (χ4n) is 4.55. The topological polar surface area (TPSA) is 22.1 Å². The minimum Gasteiger partial charge on any atom is -0.376 e. The van der Waals surface area contributed by atoms with Crippen LogP contribution in [0.25, 0.3) is 43.7 Å². The lowest BCUT2D eigenvalue weighted by molar-refractivity contribution is 0.111. The third-order valence-electron chi connectivity index (χ3n) is 5.89. The maximum Gasteiger partial charge on any atom is 0.0768 e. The van der Waals surface area contributed by atoms with Crippen LogP contribution in [0.3, 0.4) is 0 Å². The predicted molar refractivity (Wildman–Crippen MR) is 123 cm³/mol. The highest BCUT2D eigenvalue weighted by molar-refractivity contribution is 9.10. The minimum atomic E-state index is 0.615. The number of aromatic nitrogens is 1. The molecule has 0 saturated heterocycles. The van der Waals surface area contributed by atoms with E-state index < -0.39 is 0 Å². The number of hydrogen-bond donors (Lipinski definition) is 0. The number of pyridine rings is 1. The van der Waals surface area contributed by atoms with E-state index in [4.69, 9.17) is 9.72 Å². The van der Waals surface area contributed by atoms with Gasteiger partial charge in [-0.1, -0.05) is 58.4 Å². The summed E-state index contributed by atoms with van der Waals surface area (Å²) in [5, 5.41) is 6.37. The van der Waals surface area contributed by atoms with E-state index in [0.29, 0.717) is 6.61 Å². The first-order chi connectivity index (χ1) is 14.3. The highest BCUT2D eigenvalue weighted by Gasteiger charge is 2.21. The van der Waals surface area contributed by atoms with E-state index in [1.54, 1.807) is 0 Å². The number of halogens is 1. The molecule has 1 aliphatic heterocycles. The van der Waals surface area contributed by atoms with Crippen molar-refractivity contribution in [2.75, 3.05) is 6.61 Å². The van der Waals surface area contributed by atoms with Crippen molar-refractivity contribution in [3.05, 3.63) is 88.4 Å². The fraction of sp³-hybridized carbons (Fsp3) is 0.115. The maximum atomic E-state index is 5.87. The number of ether oxygens (including phenoxy) is 1.